The van der Waals surface area contributed by atoms with Crippen LogP contribution in [0.4, 0.5) is 39.5 Å². The van der Waals surface area contributed by atoms with Gasteiger partial charge in [0.25, 0.3) is 0 Å². The van der Waals surface area contributed by atoms with Crippen LogP contribution in [0.5, 0.6) is 5.75 Å². The molecule has 0 aliphatic carbocycles. The van der Waals surface area contributed by atoms with Crippen LogP contribution in [0.3, 0.4) is 0 Å². The van der Waals surface area contributed by atoms with Gasteiger partial charge in [-0.15, -0.1) is 0 Å². The van der Waals surface area contributed by atoms with Crippen LogP contribution in [0.25, 0.3) is 0 Å². The SMILES string of the molecule is Fc1ccccc1C(Oc1ccc(Br)cc1)C(F)(F)F.OC(c1ccccc1F)C(F)(F)F.[2H]CF. The van der Waals surface area contributed by atoms with Crippen molar-refractivity contribution in [2.45, 2.75) is 24.6 Å². The smallest absolute Gasteiger partial charge is 0.429 e. The van der Waals surface area contributed by atoms with E-state index < -0.39 is 54.5 Å². The Morgan fingerprint density at radius 3 is 1.60 bits per heavy atom. The first-order chi connectivity index (χ1) is 16.7. The summed E-state index contributed by atoms with van der Waals surface area (Å²) in [6.07, 6.45) is -14.6. The Balaban J connectivity index is 0.000000349. The molecule has 1 N–H and O–H groups in total. The van der Waals surface area contributed by atoms with Crippen molar-refractivity contribution in [3.8, 4) is 5.75 Å². The van der Waals surface area contributed by atoms with Crippen molar-refractivity contribution < 1.29 is 50.7 Å². The minimum absolute atomic E-state index is 0.0128. The van der Waals surface area contributed by atoms with Crippen LogP contribution in [0.2, 0.25) is 0 Å². The lowest BCUT2D eigenvalue weighted by Crippen LogP contribution is -2.27. The Hall–Kier alpha value is -2.73. The monoisotopic (exact) mass is 577 g/mol. The second-order valence-electron chi connectivity index (χ2n) is 6.48. The van der Waals surface area contributed by atoms with E-state index >= 15 is 0 Å². The number of hydrogen-bond acceptors (Lipinski definition) is 2. The number of benzene rings is 3. The molecule has 0 saturated carbocycles. The largest absolute Gasteiger partial charge is 0.476 e. The van der Waals surface area contributed by atoms with Gasteiger partial charge in [-0.25, -0.2) is 8.78 Å². The van der Waals surface area contributed by atoms with E-state index in [2.05, 4.69) is 15.9 Å². The summed E-state index contributed by atoms with van der Waals surface area (Å²) in [5.74, 6) is -2.00. The molecular formula is C23H18BrF9O2. The lowest BCUT2D eigenvalue weighted by molar-refractivity contribution is -0.207. The molecule has 3 aromatic carbocycles. The van der Waals surface area contributed by atoms with Crippen LogP contribution in [0, 0.1) is 11.6 Å². The summed E-state index contributed by atoms with van der Waals surface area (Å²) >= 11 is 3.17. The number of ether oxygens (including phenoxy) is 1. The maximum Gasteiger partial charge on any atom is 0.429 e. The summed E-state index contributed by atoms with van der Waals surface area (Å²) in [5, 5.41) is 8.67. The molecule has 0 bridgehead atoms. The minimum Gasteiger partial charge on any atom is -0.476 e. The van der Waals surface area contributed by atoms with Gasteiger partial charge in [-0.3, -0.25) is 4.39 Å². The topological polar surface area (TPSA) is 29.5 Å². The molecule has 0 aliphatic heterocycles. The number of rotatable bonds is 4. The third-order valence-corrected chi connectivity index (χ3v) is 4.59. The standard InChI is InChI=1S/C14H9BrF4O.C8H6F4O.CH3F/c15-9-5-7-10(8-6-9)20-13(14(17,18)19)11-3-1-2-4-12(11)16;9-6-4-2-1-3-5(6)7(13)8(10,11)12;1-2/h1-8,13H;1-4,7,13H;1H3/i;;1D. The normalized spacial score (nSPS) is 13.3. The number of aliphatic hydroxyl groups is 1. The molecule has 0 aliphatic rings. The van der Waals surface area contributed by atoms with Crippen molar-refractivity contribution in [2.24, 2.45) is 0 Å². The number of hydrogen-bond donors (Lipinski definition) is 1. The Morgan fingerprint density at radius 1 is 0.771 bits per heavy atom. The predicted octanol–water partition coefficient (Wildman–Crippen LogP) is 8.28. The van der Waals surface area contributed by atoms with Crippen LogP contribution in [0.1, 0.15) is 24.7 Å². The average Bonchev–Trinajstić information content (AvgIpc) is 2.79. The minimum atomic E-state index is -4.83. The van der Waals surface area contributed by atoms with Gasteiger partial charge in [-0.1, -0.05) is 52.3 Å². The number of aliphatic hydroxyl groups excluding tert-OH is 1. The van der Waals surface area contributed by atoms with Crippen LogP contribution >= 0.6 is 15.9 Å². The molecule has 0 aromatic heterocycles. The summed E-state index contributed by atoms with van der Waals surface area (Å²) < 4.78 is 122. The van der Waals surface area contributed by atoms with E-state index in [1.807, 2.05) is 0 Å². The maximum absolute atomic E-state index is 13.5. The van der Waals surface area contributed by atoms with Crippen molar-refractivity contribution >= 4 is 15.9 Å². The van der Waals surface area contributed by atoms with Gasteiger partial charge in [-0.2, -0.15) is 26.3 Å². The zero-order valence-corrected chi connectivity index (χ0v) is 19.0. The third kappa shape index (κ3) is 9.44. The van der Waals surface area contributed by atoms with Gasteiger partial charge in [0.1, 0.15) is 17.4 Å². The molecule has 0 saturated heterocycles. The zero-order chi connectivity index (χ0) is 27.5. The van der Waals surface area contributed by atoms with Gasteiger partial charge < -0.3 is 9.84 Å². The first-order valence-electron chi connectivity index (χ1n) is 10.0. The summed E-state index contributed by atoms with van der Waals surface area (Å²) in [7, 11) is -1.00. The quantitative estimate of drug-likeness (QED) is 0.316. The second-order valence-corrected chi connectivity index (χ2v) is 7.40. The molecule has 0 spiro atoms. The van der Waals surface area contributed by atoms with E-state index in [0.717, 1.165) is 24.3 Å². The molecule has 35 heavy (non-hydrogen) atoms. The number of halogens is 10. The summed E-state index contributed by atoms with van der Waals surface area (Å²) in [4.78, 5) is 0. The number of alkyl halides is 7. The second kappa shape index (κ2) is 13.4. The fraction of sp³-hybridized carbons (Fsp3) is 0.217. The lowest BCUT2D eigenvalue weighted by Gasteiger charge is -2.22. The first kappa shape index (κ1) is 28.5. The molecule has 0 fully saturated rings. The molecule has 192 valence electrons. The summed E-state index contributed by atoms with van der Waals surface area (Å²) in [6.45, 7) is 0. The van der Waals surface area contributed by atoms with E-state index in [1.54, 1.807) is 12.1 Å². The molecule has 12 heteroatoms. The van der Waals surface area contributed by atoms with Gasteiger partial charge in [0.15, 0.2) is 6.10 Å². The zero-order valence-electron chi connectivity index (χ0n) is 18.4. The van der Waals surface area contributed by atoms with Gasteiger partial charge in [0, 0.05) is 15.6 Å². The Kier molecular flexibility index (Phi) is 10.9. The molecular weight excluding hydrogens is 559 g/mol. The molecule has 3 rings (SSSR count). The van der Waals surface area contributed by atoms with Crippen molar-refractivity contribution in [2.75, 3.05) is 7.15 Å². The molecule has 3 aromatic rings. The van der Waals surface area contributed by atoms with Crippen LogP contribution < -0.4 is 4.74 Å². The van der Waals surface area contributed by atoms with Crippen molar-refractivity contribution in [3.63, 3.8) is 0 Å². The van der Waals surface area contributed by atoms with Gasteiger partial charge in [-0.05, 0) is 36.4 Å². The molecule has 2 nitrogen and oxygen atoms in total. The fourth-order valence-corrected chi connectivity index (χ4v) is 2.78. The van der Waals surface area contributed by atoms with E-state index in [-0.39, 0.29) is 5.75 Å². The molecule has 2 unspecified atom stereocenters. The molecule has 0 radical (unpaired) electrons. The van der Waals surface area contributed by atoms with Gasteiger partial charge in [0.2, 0.25) is 6.10 Å². The van der Waals surface area contributed by atoms with Gasteiger partial charge >= 0.3 is 12.4 Å². The Bertz CT molecular complexity index is 1060. The Labute approximate surface area is 204 Å². The lowest BCUT2D eigenvalue weighted by atomic mass is 10.1. The van der Waals surface area contributed by atoms with E-state index in [1.165, 1.54) is 36.4 Å². The predicted molar refractivity (Wildman–Crippen MR) is 114 cm³/mol. The summed E-state index contributed by atoms with van der Waals surface area (Å²) in [6, 6.07) is 14.8. The van der Waals surface area contributed by atoms with Crippen molar-refractivity contribution in [1.82, 2.24) is 0 Å². The fourth-order valence-electron chi connectivity index (χ4n) is 2.52. The molecule has 0 heterocycles. The van der Waals surface area contributed by atoms with Crippen LogP contribution in [0.15, 0.2) is 77.3 Å². The average molecular weight is 578 g/mol. The van der Waals surface area contributed by atoms with Crippen molar-refractivity contribution in [1.29, 1.82) is 0 Å². The van der Waals surface area contributed by atoms with Gasteiger partial charge in [0.05, 0.1) is 8.52 Å². The van der Waals surface area contributed by atoms with E-state index in [0.29, 0.717) is 4.47 Å². The molecule has 0 amide bonds. The van der Waals surface area contributed by atoms with Crippen molar-refractivity contribution in [3.05, 3.63) is 100 Å². The highest BCUT2D eigenvalue weighted by molar-refractivity contribution is 9.10. The first-order valence-corrected chi connectivity index (χ1v) is 10.1. The Morgan fingerprint density at radius 2 is 1.20 bits per heavy atom. The highest BCUT2D eigenvalue weighted by Crippen LogP contribution is 2.38. The highest BCUT2D eigenvalue weighted by Gasteiger charge is 2.44. The maximum atomic E-state index is 13.5. The van der Waals surface area contributed by atoms with Crippen LogP contribution in [-0.4, -0.2) is 24.6 Å². The van der Waals surface area contributed by atoms with E-state index in [4.69, 9.17) is 11.2 Å². The van der Waals surface area contributed by atoms with Crippen LogP contribution in [-0.2, 0) is 0 Å². The highest BCUT2D eigenvalue weighted by atomic mass is 79.9. The van der Waals surface area contributed by atoms with E-state index in [9.17, 15) is 39.5 Å². The summed E-state index contributed by atoms with van der Waals surface area (Å²) in [5.41, 5.74) is -1.29. The third-order valence-electron chi connectivity index (χ3n) is 4.06. The molecule has 2 atom stereocenters.